The first-order valence-corrected chi connectivity index (χ1v) is 9.22. The van der Waals surface area contributed by atoms with Crippen molar-refractivity contribution in [2.45, 2.75) is 19.8 Å². The summed E-state index contributed by atoms with van der Waals surface area (Å²) in [7, 11) is 4.84. The number of benzene rings is 2. The van der Waals surface area contributed by atoms with Gasteiger partial charge >= 0.3 is 0 Å². The average molecular weight is 369 g/mol. The molecule has 5 heteroatoms. The molecule has 0 saturated carbocycles. The van der Waals surface area contributed by atoms with Gasteiger partial charge in [-0.3, -0.25) is 0 Å². The van der Waals surface area contributed by atoms with Gasteiger partial charge in [-0.1, -0.05) is 38.1 Å². The number of rotatable bonds is 6. The third-order valence-electron chi connectivity index (χ3n) is 4.33. The maximum absolute atomic E-state index is 5.45. The largest absolute Gasteiger partial charge is 0.493 e. The predicted molar refractivity (Wildman–Crippen MR) is 107 cm³/mol. The molecule has 0 aliphatic rings. The number of hydrogen-bond acceptors (Lipinski definition) is 5. The van der Waals surface area contributed by atoms with Gasteiger partial charge in [-0.2, -0.15) is 4.37 Å². The molecular weight excluding hydrogens is 346 g/mol. The van der Waals surface area contributed by atoms with Crippen LogP contribution in [0.2, 0.25) is 0 Å². The van der Waals surface area contributed by atoms with Crippen molar-refractivity contribution in [2.24, 2.45) is 0 Å². The molecule has 0 aliphatic carbocycles. The van der Waals surface area contributed by atoms with Crippen LogP contribution in [0.15, 0.2) is 42.5 Å². The third kappa shape index (κ3) is 3.53. The van der Waals surface area contributed by atoms with Crippen molar-refractivity contribution in [2.75, 3.05) is 21.3 Å². The average Bonchev–Trinajstić information content (AvgIpc) is 3.17. The van der Waals surface area contributed by atoms with Crippen LogP contribution >= 0.6 is 11.5 Å². The summed E-state index contributed by atoms with van der Waals surface area (Å²) in [6.45, 7) is 4.39. The molecule has 4 nitrogen and oxygen atoms in total. The summed E-state index contributed by atoms with van der Waals surface area (Å²) in [6.07, 6.45) is 0. The number of hydrogen-bond donors (Lipinski definition) is 0. The van der Waals surface area contributed by atoms with Crippen LogP contribution in [-0.2, 0) is 0 Å². The van der Waals surface area contributed by atoms with Gasteiger partial charge in [0.1, 0.15) is 0 Å². The summed E-state index contributed by atoms with van der Waals surface area (Å²) in [5.41, 5.74) is 4.40. The summed E-state index contributed by atoms with van der Waals surface area (Å²) in [4.78, 5) is 1.05. The van der Waals surface area contributed by atoms with E-state index in [1.165, 1.54) is 17.1 Å². The fraction of sp³-hybridized carbons (Fsp3) is 0.286. The molecule has 1 aromatic heterocycles. The van der Waals surface area contributed by atoms with Crippen LogP contribution < -0.4 is 14.2 Å². The van der Waals surface area contributed by atoms with Crippen molar-refractivity contribution in [3.05, 3.63) is 48.0 Å². The summed E-state index contributed by atoms with van der Waals surface area (Å²) in [6, 6.07) is 14.6. The highest BCUT2D eigenvalue weighted by Gasteiger charge is 2.16. The highest BCUT2D eigenvalue weighted by Crippen LogP contribution is 2.42. The van der Waals surface area contributed by atoms with Gasteiger partial charge in [0.2, 0.25) is 5.75 Å². The fourth-order valence-electron chi connectivity index (χ4n) is 2.81. The molecule has 0 unspecified atom stereocenters. The molecule has 0 saturated heterocycles. The van der Waals surface area contributed by atoms with E-state index in [9.17, 15) is 0 Å². The van der Waals surface area contributed by atoms with Gasteiger partial charge in [-0.05, 0) is 41.2 Å². The van der Waals surface area contributed by atoms with Crippen molar-refractivity contribution in [3.63, 3.8) is 0 Å². The third-order valence-corrected chi connectivity index (χ3v) is 5.17. The maximum atomic E-state index is 5.45. The highest BCUT2D eigenvalue weighted by atomic mass is 32.1. The standard InChI is InChI=1S/C21H23NO3S/c1-13(2)14-6-8-15(9-7-14)17-12-20(26-22-17)16-10-18(23-3)21(25-5)19(11-16)24-4/h6-13H,1-5H3. The van der Waals surface area contributed by atoms with E-state index >= 15 is 0 Å². The molecule has 0 N–H and O–H groups in total. The number of methoxy groups -OCH3 is 3. The summed E-state index contributed by atoms with van der Waals surface area (Å²) >= 11 is 1.46. The maximum Gasteiger partial charge on any atom is 0.203 e. The van der Waals surface area contributed by atoms with Crippen LogP contribution in [0.5, 0.6) is 17.2 Å². The van der Waals surface area contributed by atoms with Crippen molar-refractivity contribution >= 4 is 11.5 Å². The molecule has 0 bridgehead atoms. The van der Waals surface area contributed by atoms with Crippen molar-refractivity contribution in [1.82, 2.24) is 4.37 Å². The van der Waals surface area contributed by atoms with Gasteiger partial charge in [0.15, 0.2) is 11.5 Å². The number of aromatic nitrogens is 1. The first-order valence-electron chi connectivity index (χ1n) is 8.44. The van der Waals surface area contributed by atoms with E-state index in [2.05, 4.69) is 48.6 Å². The monoisotopic (exact) mass is 369 g/mol. The van der Waals surface area contributed by atoms with Crippen LogP contribution in [0.3, 0.4) is 0 Å². The molecule has 2 aromatic carbocycles. The molecule has 0 aliphatic heterocycles. The van der Waals surface area contributed by atoms with E-state index in [0.29, 0.717) is 23.2 Å². The van der Waals surface area contributed by atoms with Crippen molar-refractivity contribution in [3.8, 4) is 38.9 Å². The second-order valence-electron chi connectivity index (χ2n) is 6.27. The van der Waals surface area contributed by atoms with E-state index in [1.807, 2.05) is 12.1 Å². The Morgan fingerprint density at radius 3 is 1.92 bits per heavy atom. The lowest BCUT2D eigenvalue weighted by molar-refractivity contribution is 0.324. The molecule has 3 aromatic rings. The fourth-order valence-corrected chi connectivity index (χ4v) is 3.55. The van der Waals surface area contributed by atoms with Crippen LogP contribution in [0, 0.1) is 0 Å². The molecule has 136 valence electrons. The number of ether oxygens (including phenoxy) is 3. The molecule has 0 atom stereocenters. The Balaban J connectivity index is 1.97. The lowest BCUT2D eigenvalue weighted by Gasteiger charge is -2.13. The normalized spacial score (nSPS) is 10.8. The van der Waals surface area contributed by atoms with E-state index in [-0.39, 0.29) is 0 Å². The Bertz CT molecular complexity index is 860. The topological polar surface area (TPSA) is 40.6 Å². The second-order valence-corrected chi connectivity index (χ2v) is 7.07. The minimum absolute atomic E-state index is 0.522. The van der Waals surface area contributed by atoms with E-state index in [1.54, 1.807) is 21.3 Å². The number of nitrogens with zero attached hydrogens (tertiary/aromatic N) is 1. The van der Waals surface area contributed by atoms with Gasteiger partial charge in [-0.15, -0.1) is 0 Å². The molecule has 1 heterocycles. The molecule has 3 rings (SSSR count). The summed E-state index contributed by atoms with van der Waals surface area (Å²) in [5, 5.41) is 0. The SMILES string of the molecule is COc1cc(-c2cc(-c3ccc(C(C)C)cc3)ns2)cc(OC)c1OC. The first kappa shape index (κ1) is 18.3. The van der Waals surface area contributed by atoms with Gasteiger partial charge in [0.25, 0.3) is 0 Å². The predicted octanol–water partition coefficient (Wildman–Crippen LogP) is 5.63. The van der Waals surface area contributed by atoms with Gasteiger partial charge in [0, 0.05) is 11.1 Å². The molecule has 0 radical (unpaired) electrons. The summed E-state index contributed by atoms with van der Waals surface area (Å²) in [5.74, 6) is 2.39. The lowest BCUT2D eigenvalue weighted by atomic mass is 10.0. The van der Waals surface area contributed by atoms with Crippen LogP contribution in [0.1, 0.15) is 25.3 Å². The zero-order valence-electron chi connectivity index (χ0n) is 15.7. The minimum atomic E-state index is 0.522. The highest BCUT2D eigenvalue weighted by molar-refractivity contribution is 7.09. The molecule has 0 spiro atoms. The van der Waals surface area contributed by atoms with Gasteiger partial charge in [0.05, 0.1) is 31.9 Å². The van der Waals surface area contributed by atoms with Crippen LogP contribution in [0.4, 0.5) is 0 Å². The lowest BCUT2D eigenvalue weighted by Crippen LogP contribution is -1.95. The molecule has 0 amide bonds. The molecule has 26 heavy (non-hydrogen) atoms. The molecule has 0 fully saturated rings. The smallest absolute Gasteiger partial charge is 0.203 e. The second kappa shape index (κ2) is 7.79. The Morgan fingerprint density at radius 2 is 1.42 bits per heavy atom. The van der Waals surface area contributed by atoms with E-state index < -0.39 is 0 Å². The zero-order chi connectivity index (χ0) is 18.7. The Hall–Kier alpha value is -2.53. The van der Waals surface area contributed by atoms with Gasteiger partial charge < -0.3 is 14.2 Å². The van der Waals surface area contributed by atoms with Crippen LogP contribution in [-0.4, -0.2) is 25.7 Å². The van der Waals surface area contributed by atoms with Crippen LogP contribution in [0.25, 0.3) is 21.7 Å². The Morgan fingerprint density at radius 1 is 0.808 bits per heavy atom. The van der Waals surface area contributed by atoms with Gasteiger partial charge in [-0.25, -0.2) is 0 Å². The Labute approximate surface area is 158 Å². The van der Waals surface area contributed by atoms with E-state index in [0.717, 1.165) is 21.7 Å². The summed E-state index contributed by atoms with van der Waals surface area (Å²) < 4.78 is 20.9. The quantitative estimate of drug-likeness (QED) is 0.565. The molecular formula is C21H23NO3S. The van der Waals surface area contributed by atoms with Crippen molar-refractivity contribution < 1.29 is 14.2 Å². The van der Waals surface area contributed by atoms with E-state index in [4.69, 9.17) is 14.2 Å². The Kier molecular flexibility index (Phi) is 5.47. The van der Waals surface area contributed by atoms with Crippen molar-refractivity contribution in [1.29, 1.82) is 0 Å². The minimum Gasteiger partial charge on any atom is -0.493 e. The zero-order valence-corrected chi connectivity index (χ0v) is 16.5. The first-order chi connectivity index (χ1) is 12.6.